The Morgan fingerprint density at radius 1 is 1.64 bits per heavy atom. The zero-order chi connectivity index (χ0) is 8.85. The summed E-state index contributed by atoms with van der Waals surface area (Å²) in [7, 11) is 0. The quantitative estimate of drug-likeness (QED) is 0.757. The van der Waals surface area contributed by atoms with E-state index in [9.17, 15) is 4.79 Å². The molecule has 11 heavy (non-hydrogen) atoms. The lowest BCUT2D eigenvalue weighted by atomic mass is 10.4. The van der Waals surface area contributed by atoms with E-state index in [0.29, 0.717) is 5.25 Å². The molecule has 0 aliphatic carbocycles. The number of carbonyl (C=O) groups is 1. The van der Waals surface area contributed by atoms with Gasteiger partial charge in [0, 0.05) is 11.8 Å². The second-order valence-electron chi connectivity index (χ2n) is 2.41. The Balaban J connectivity index is 3.46. The maximum absolute atomic E-state index is 11.0. The van der Waals surface area contributed by atoms with E-state index in [2.05, 4.69) is 28.2 Å². The molecule has 0 aromatic carbocycles. The molecule has 2 unspecified atom stereocenters. The molecule has 0 saturated heterocycles. The lowest BCUT2D eigenvalue weighted by Crippen LogP contribution is -2.33. The highest BCUT2D eigenvalue weighted by Gasteiger charge is 2.08. The average Bonchev–Trinajstić information content (AvgIpc) is 1.99. The smallest absolute Gasteiger partial charge is 0.233 e. The standard InChI is InChI=1S/C7H14BrNOS/c1-5(11-3)4-9-7(10)6(2)8/h5-6H,4H2,1-3H3,(H,9,10). The molecule has 0 heterocycles. The van der Waals surface area contributed by atoms with E-state index in [1.165, 1.54) is 0 Å². The van der Waals surface area contributed by atoms with E-state index < -0.39 is 0 Å². The van der Waals surface area contributed by atoms with E-state index in [0.717, 1.165) is 6.54 Å². The minimum atomic E-state index is -0.0865. The first kappa shape index (κ1) is 11.3. The molecule has 2 atom stereocenters. The van der Waals surface area contributed by atoms with E-state index in [4.69, 9.17) is 0 Å². The van der Waals surface area contributed by atoms with Crippen LogP contribution in [0.5, 0.6) is 0 Å². The van der Waals surface area contributed by atoms with Crippen LogP contribution in [-0.4, -0.2) is 28.8 Å². The predicted octanol–water partition coefficient (Wildman–Crippen LogP) is 1.64. The van der Waals surface area contributed by atoms with Crippen LogP contribution in [0.2, 0.25) is 0 Å². The van der Waals surface area contributed by atoms with Gasteiger partial charge in [-0.15, -0.1) is 0 Å². The first-order chi connectivity index (χ1) is 5.07. The first-order valence-corrected chi connectivity index (χ1v) is 5.73. The highest BCUT2D eigenvalue weighted by atomic mass is 79.9. The summed E-state index contributed by atoms with van der Waals surface area (Å²) in [5.74, 6) is 0.0610. The third-order valence-corrected chi connectivity index (χ3v) is 2.71. The third kappa shape index (κ3) is 5.56. The molecule has 0 saturated carbocycles. The summed E-state index contributed by atoms with van der Waals surface area (Å²) in [5.41, 5.74) is 0. The summed E-state index contributed by atoms with van der Waals surface area (Å²) in [6.45, 7) is 4.65. The van der Waals surface area contributed by atoms with Crippen molar-refractivity contribution in [2.75, 3.05) is 12.8 Å². The van der Waals surface area contributed by atoms with Gasteiger partial charge in [-0.2, -0.15) is 11.8 Å². The van der Waals surface area contributed by atoms with Crippen molar-refractivity contribution >= 4 is 33.6 Å². The second-order valence-corrected chi connectivity index (χ2v) is 5.06. The van der Waals surface area contributed by atoms with E-state index in [1.54, 1.807) is 11.8 Å². The fourth-order valence-electron chi connectivity index (χ4n) is 0.468. The molecule has 0 fully saturated rings. The molecule has 0 rings (SSSR count). The molecule has 0 radical (unpaired) electrons. The molecule has 2 nitrogen and oxygen atoms in total. The Labute approximate surface area is 80.6 Å². The van der Waals surface area contributed by atoms with Crippen LogP contribution in [0, 0.1) is 0 Å². The molecule has 66 valence electrons. The highest BCUT2D eigenvalue weighted by Crippen LogP contribution is 2.03. The van der Waals surface area contributed by atoms with Crippen LogP contribution < -0.4 is 5.32 Å². The van der Waals surface area contributed by atoms with Gasteiger partial charge in [-0.1, -0.05) is 22.9 Å². The Morgan fingerprint density at radius 3 is 2.55 bits per heavy atom. The Bertz CT molecular complexity index is 130. The number of hydrogen-bond donors (Lipinski definition) is 1. The van der Waals surface area contributed by atoms with Crippen LogP contribution in [0.4, 0.5) is 0 Å². The number of nitrogens with one attached hydrogen (secondary N) is 1. The topological polar surface area (TPSA) is 29.1 Å². The zero-order valence-corrected chi connectivity index (χ0v) is 9.46. The van der Waals surface area contributed by atoms with Gasteiger partial charge in [0.1, 0.15) is 0 Å². The summed E-state index contributed by atoms with van der Waals surface area (Å²) in [4.78, 5) is 10.9. The lowest BCUT2D eigenvalue weighted by Gasteiger charge is -2.10. The van der Waals surface area contributed by atoms with Crippen LogP contribution in [-0.2, 0) is 4.79 Å². The van der Waals surface area contributed by atoms with Crippen molar-refractivity contribution in [3.8, 4) is 0 Å². The average molecular weight is 240 g/mol. The van der Waals surface area contributed by atoms with Crippen molar-refractivity contribution in [3.63, 3.8) is 0 Å². The summed E-state index contributed by atoms with van der Waals surface area (Å²) in [6, 6.07) is 0. The van der Waals surface area contributed by atoms with Gasteiger partial charge in [0.2, 0.25) is 5.91 Å². The molecule has 0 aromatic heterocycles. The summed E-state index contributed by atoms with van der Waals surface area (Å²) in [5, 5.41) is 3.32. The minimum Gasteiger partial charge on any atom is -0.354 e. The van der Waals surface area contributed by atoms with Gasteiger partial charge in [-0.05, 0) is 13.2 Å². The molecular weight excluding hydrogens is 226 g/mol. The van der Waals surface area contributed by atoms with Crippen molar-refractivity contribution in [1.29, 1.82) is 0 Å². The van der Waals surface area contributed by atoms with Crippen molar-refractivity contribution in [2.24, 2.45) is 0 Å². The second kappa shape index (κ2) is 5.89. The highest BCUT2D eigenvalue weighted by molar-refractivity contribution is 9.10. The van der Waals surface area contributed by atoms with E-state index in [1.807, 2.05) is 13.2 Å². The third-order valence-electron chi connectivity index (χ3n) is 1.33. The first-order valence-electron chi connectivity index (χ1n) is 3.52. The number of halogens is 1. The molecule has 0 aliphatic heterocycles. The lowest BCUT2D eigenvalue weighted by molar-refractivity contribution is -0.120. The molecule has 0 aliphatic rings. The Hall–Kier alpha value is 0.300. The summed E-state index contributed by atoms with van der Waals surface area (Å²) in [6.07, 6.45) is 2.04. The van der Waals surface area contributed by atoms with E-state index in [-0.39, 0.29) is 10.7 Å². The van der Waals surface area contributed by atoms with Crippen molar-refractivity contribution < 1.29 is 4.79 Å². The molecule has 1 N–H and O–H groups in total. The normalized spacial score (nSPS) is 15.6. The molecule has 0 bridgehead atoms. The number of amides is 1. The summed E-state index contributed by atoms with van der Waals surface area (Å²) >= 11 is 4.94. The fourth-order valence-corrected chi connectivity index (χ4v) is 0.880. The van der Waals surface area contributed by atoms with Gasteiger partial charge in [-0.3, -0.25) is 4.79 Å². The maximum atomic E-state index is 11.0. The van der Waals surface area contributed by atoms with Gasteiger partial charge >= 0.3 is 0 Å². The van der Waals surface area contributed by atoms with Crippen LogP contribution in [0.1, 0.15) is 13.8 Å². The molecule has 4 heteroatoms. The molecule has 0 aromatic rings. The number of rotatable bonds is 4. The number of hydrogen-bond acceptors (Lipinski definition) is 2. The number of thioether (sulfide) groups is 1. The predicted molar refractivity (Wildman–Crippen MR) is 54.4 cm³/mol. The molecule has 1 amide bonds. The fraction of sp³-hybridized carbons (Fsp3) is 0.857. The number of carbonyl (C=O) groups excluding carboxylic acids is 1. The van der Waals surface area contributed by atoms with Gasteiger partial charge in [0.15, 0.2) is 0 Å². The SMILES string of the molecule is CSC(C)CNC(=O)C(C)Br. The summed E-state index contributed by atoms with van der Waals surface area (Å²) < 4.78 is 0. The van der Waals surface area contributed by atoms with Crippen molar-refractivity contribution in [3.05, 3.63) is 0 Å². The van der Waals surface area contributed by atoms with Crippen LogP contribution in [0.3, 0.4) is 0 Å². The van der Waals surface area contributed by atoms with Gasteiger partial charge < -0.3 is 5.32 Å². The monoisotopic (exact) mass is 239 g/mol. The van der Waals surface area contributed by atoms with Crippen LogP contribution in [0.25, 0.3) is 0 Å². The van der Waals surface area contributed by atoms with Gasteiger partial charge in [0.05, 0.1) is 4.83 Å². The number of alkyl halides is 1. The zero-order valence-electron chi connectivity index (χ0n) is 7.06. The van der Waals surface area contributed by atoms with Gasteiger partial charge in [-0.25, -0.2) is 0 Å². The Morgan fingerprint density at radius 2 is 2.18 bits per heavy atom. The van der Waals surface area contributed by atoms with Crippen LogP contribution >= 0.6 is 27.7 Å². The van der Waals surface area contributed by atoms with Crippen molar-refractivity contribution in [2.45, 2.75) is 23.9 Å². The molecule has 0 spiro atoms. The van der Waals surface area contributed by atoms with E-state index >= 15 is 0 Å². The van der Waals surface area contributed by atoms with Gasteiger partial charge in [0.25, 0.3) is 0 Å². The largest absolute Gasteiger partial charge is 0.354 e. The van der Waals surface area contributed by atoms with Crippen LogP contribution in [0.15, 0.2) is 0 Å². The minimum absolute atomic E-state index is 0.0610. The molecular formula is C7H14BrNOS. The Kier molecular flexibility index (Phi) is 6.05. The maximum Gasteiger partial charge on any atom is 0.233 e. The van der Waals surface area contributed by atoms with Crippen molar-refractivity contribution in [1.82, 2.24) is 5.32 Å².